The third-order valence-electron chi connectivity index (χ3n) is 3.45. The number of aryl methyl sites for hydroxylation is 3. The van der Waals surface area contributed by atoms with Crippen LogP contribution in [0.3, 0.4) is 0 Å². The molecule has 0 aromatic heterocycles. The number of nitrogens with one attached hydrogen (secondary N) is 1. The summed E-state index contributed by atoms with van der Waals surface area (Å²) in [7, 11) is 1.75. The Bertz CT molecular complexity index is 615. The van der Waals surface area contributed by atoms with Gasteiger partial charge in [-0.1, -0.05) is 29.3 Å². The van der Waals surface area contributed by atoms with E-state index >= 15 is 0 Å². The topological polar surface area (TPSA) is 12.0 Å². The zero-order chi connectivity index (χ0) is 14.9. The van der Waals surface area contributed by atoms with Gasteiger partial charge in [0.25, 0.3) is 0 Å². The Morgan fingerprint density at radius 3 is 2.00 bits per heavy atom. The molecule has 0 saturated heterocycles. The minimum absolute atomic E-state index is 0.321. The van der Waals surface area contributed by atoms with Crippen molar-refractivity contribution in [2.24, 2.45) is 0 Å². The lowest BCUT2D eigenvalue weighted by atomic mass is 9.94. The number of hydrogen-bond acceptors (Lipinski definition) is 1. The van der Waals surface area contributed by atoms with Crippen molar-refractivity contribution in [1.29, 1.82) is 0 Å². The summed E-state index contributed by atoms with van der Waals surface area (Å²) in [5, 5.41) is 3.07. The van der Waals surface area contributed by atoms with E-state index in [1.807, 2.05) is 26.0 Å². The van der Waals surface area contributed by atoms with Crippen molar-refractivity contribution in [2.75, 3.05) is 7.05 Å². The second kappa shape index (κ2) is 5.71. The van der Waals surface area contributed by atoms with Gasteiger partial charge in [0.15, 0.2) is 0 Å². The normalized spacial score (nSPS) is 12.5. The maximum atomic E-state index is 14.1. The Morgan fingerprint density at radius 2 is 1.45 bits per heavy atom. The van der Waals surface area contributed by atoms with E-state index in [2.05, 4.69) is 11.4 Å². The van der Waals surface area contributed by atoms with Gasteiger partial charge in [-0.15, -0.1) is 0 Å². The highest BCUT2D eigenvalue weighted by Crippen LogP contribution is 2.27. The molecule has 2 aromatic rings. The molecule has 0 spiro atoms. The first-order valence-corrected chi connectivity index (χ1v) is 6.63. The summed E-state index contributed by atoms with van der Waals surface area (Å²) < 4.78 is 27.9. The second-order valence-electron chi connectivity index (χ2n) is 5.27. The van der Waals surface area contributed by atoms with Crippen molar-refractivity contribution < 1.29 is 8.78 Å². The first-order chi connectivity index (χ1) is 9.42. The molecule has 0 amide bonds. The summed E-state index contributed by atoms with van der Waals surface area (Å²) in [5.74, 6) is -0.770. The Kier molecular flexibility index (Phi) is 4.19. The molecule has 1 unspecified atom stereocenters. The van der Waals surface area contributed by atoms with Gasteiger partial charge in [0.05, 0.1) is 6.04 Å². The van der Waals surface area contributed by atoms with E-state index in [1.54, 1.807) is 14.0 Å². The van der Waals surface area contributed by atoms with Gasteiger partial charge in [0, 0.05) is 5.56 Å². The first-order valence-electron chi connectivity index (χ1n) is 6.63. The fraction of sp³-hybridized carbons (Fsp3) is 0.294. The van der Waals surface area contributed by atoms with E-state index in [0.29, 0.717) is 11.1 Å². The lowest BCUT2D eigenvalue weighted by Crippen LogP contribution is -2.19. The summed E-state index contributed by atoms with van der Waals surface area (Å²) in [6.45, 7) is 5.55. The van der Waals surface area contributed by atoms with Gasteiger partial charge in [0.2, 0.25) is 0 Å². The molecule has 0 aliphatic carbocycles. The van der Waals surface area contributed by atoms with Crippen molar-refractivity contribution in [1.82, 2.24) is 5.32 Å². The molecule has 0 bridgehead atoms. The molecule has 2 rings (SSSR count). The highest BCUT2D eigenvalue weighted by atomic mass is 19.1. The van der Waals surface area contributed by atoms with E-state index in [4.69, 9.17) is 0 Å². The molecule has 0 aliphatic rings. The van der Waals surface area contributed by atoms with Crippen molar-refractivity contribution in [2.45, 2.75) is 26.8 Å². The van der Waals surface area contributed by atoms with Crippen LogP contribution in [0.15, 0.2) is 30.3 Å². The van der Waals surface area contributed by atoms with Crippen molar-refractivity contribution in [3.05, 3.63) is 69.8 Å². The van der Waals surface area contributed by atoms with Crippen LogP contribution in [0.2, 0.25) is 0 Å². The lowest BCUT2D eigenvalue weighted by Gasteiger charge is -2.19. The van der Waals surface area contributed by atoms with Gasteiger partial charge in [0.1, 0.15) is 11.6 Å². The van der Waals surface area contributed by atoms with E-state index in [1.165, 1.54) is 12.1 Å². The average Bonchev–Trinajstić information content (AvgIpc) is 2.35. The first kappa shape index (κ1) is 14.7. The predicted molar refractivity (Wildman–Crippen MR) is 77.9 cm³/mol. The third-order valence-corrected chi connectivity index (χ3v) is 3.45. The molecule has 0 fully saturated rings. The lowest BCUT2D eigenvalue weighted by molar-refractivity contribution is 0.553. The minimum Gasteiger partial charge on any atom is -0.309 e. The SMILES string of the molecule is CNC(c1cc(C)cc(C)c1)c1cc(F)c(C)cc1F. The van der Waals surface area contributed by atoms with Gasteiger partial charge >= 0.3 is 0 Å². The molecule has 106 valence electrons. The molecule has 0 aliphatic heterocycles. The molecule has 2 aromatic carbocycles. The van der Waals surface area contributed by atoms with Gasteiger partial charge in [-0.05, 0) is 51.1 Å². The molecule has 1 atom stereocenters. The standard InChI is InChI=1S/C17H19F2N/c1-10-5-11(2)7-13(6-10)17(20-4)14-9-15(18)12(3)8-16(14)19/h5-9,17,20H,1-4H3. The Balaban J connectivity index is 2.55. The maximum absolute atomic E-state index is 14.1. The highest BCUT2D eigenvalue weighted by Gasteiger charge is 2.18. The fourth-order valence-electron chi connectivity index (χ4n) is 2.56. The van der Waals surface area contributed by atoms with Crippen LogP contribution in [-0.4, -0.2) is 7.05 Å². The van der Waals surface area contributed by atoms with Crippen molar-refractivity contribution in [3.63, 3.8) is 0 Å². The highest BCUT2D eigenvalue weighted by molar-refractivity contribution is 5.38. The van der Waals surface area contributed by atoms with E-state index in [-0.39, 0.29) is 17.7 Å². The molecule has 0 heterocycles. The van der Waals surface area contributed by atoms with Crippen LogP contribution in [0.4, 0.5) is 8.78 Å². The Hall–Kier alpha value is -1.74. The number of rotatable bonds is 3. The summed E-state index contributed by atoms with van der Waals surface area (Å²) in [6, 6.07) is 8.21. The minimum atomic E-state index is -0.387. The Labute approximate surface area is 118 Å². The molecular formula is C17H19F2N. The molecule has 3 heteroatoms. The molecule has 1 nitrogen and oxygen atoms in total. The summed E-state index contributed by atoms with van der Waals surface area (Å²) >= 11 is 0. The van der Waals surface area contributed by atoms with Crippen LogP contribution in [-0.2, 0) is 0 Å². The Morgan fingerprint density at radius 1 is 0.850 bits per heavy atom. The summed E-state index contributed by atoms with van der Waals surface area (Å²) in [4.78, 5) is 0. The smallest absolute Gasteiger partial charge is 0.128 e. The van der Waals surface area contributed by atoms with Crippen LogP contribution in [0.5, 0.6) is 0 Å². The van der Waals surface area contributed by atoms with Crippen LogP contribution >= 0.6 is 0 Å². The molecule has 1 N–H and O–H groups in total. The quantitative estimate of drug-likeness (QED) is 0.885. The maximum Gasteiger partial charge on any atom is 0.128 e. The second-order valence-corrected chi connectivity index (χ2v) is 5.27. The average molecular weight is 275 g/mol. The third kappa shape index (κ3) is 2.88. The van der Waals surface area contributed by atoms with Gasteiger partial charge in [-0.3, -0.25) is 0 Å². The fourth-order valence-corrected chi connectivity index (χ4v) is 2.56. The summed E-state index contributed by atoms with van der Waals surface area (Å²) in [6.07, 6.45) is 0. The van der Waals surface area contributed by atoms with E-state index in [9.17, 15) is 8.78 Å². The number of halogens is 2. The predicted octanol–water partition coefficient (Wildman–Crippen LogP) is 4.20. The van der Waals surface area contributed by atoms with Gasteiger partial charge < -0.3 is 5.32 Å². The largest absolute Gasteiger partial charge is 0.309 e. The van der Waals surface area contributed by atoms with Crippen molar-refractivity contribution >= 4 is 0 Å². The van der Waals surface area contributed by atoms with Crippen LogP contribution in [0.25, 0.3) is 0 Å². The summed E-state index contributed by atoms with van der Waals surface area (Å²) in [5.41, 5.74) is 3.80. The van der Waals surface area contributed by atoms with Crippen LogP contribution in [0.1, 0.15) is 33.9 Å². The van der Waals surface area contributed by atoms with E-state index in [0.717, 1.165) is 16.7 Å². The van der Waals surface area contributed by atoms with E-state index < -0.39 is 0 Å². The molecule has 0 saturated carbocycles. The number of hydrogen-bond donors (Lipinski definition) is 1. The van der Waals surface area contributed by atoms with Crippen LogP contribution in [0, 0.1) is 32.4 Å². The monoisotopic (exact) mass is 275 g/mol. The van der Waals surface area contributed by atoms with Gasteiger partial charge in [-0.25, -0.2) is 8.78 Å². The molecule has 0 radical (unpaired) electrons. The number of benzene rings is 2. The van der Waals surface area contributed by atoms with Gasteiger partial charge in [-0.2, -0.15) is 0 Å². The molecule has 20 heavy (non-hydrogen) atoms. The van der Waals surface area contributed by atoms with Crippen LogP contribution < -0.4 is 5.32 Å². The zero-order valence-corrected chi connectivity index (χ0v) is 12.2. The van der Waals surface area contributed by atoms with Crippen molar-refractivity contribution in [3.8, 4) is 0 Å². The zero-order valence-electron chi connectivity index (χ0n) is 12.2. The molecular weight excluding hydrogens is 256 g/mol.